The van der Waals surface area contributed by atoms with Crippen LogP contribution in [-0.4, -0.2) is 16.5 Å². The van der Waals surface area contributed by atoms with Crippen LogP contribution in [0.2, 0.25) is 5.02 Å². The van der Waals surface area contributed by atoms with Gasteiger partial charge in [0.05, 0.1) is 6.04 Å². The molecule has 1 atom stereocenters. The molecule has 0 amide bonds. The molecule has 2 rings (SSSR count). The van der Waals surface area contributed by atoms with Crippen molar-refractivity contribution in [2.45, 2.75) is 25.8 Å². The van der Waals surface area contributed by atoms with E-state index in [1.165, 1.54) is 6.07 Å². The number of hydrogen-bond donors (Lipinski definition) is 1. The molecule has 0 aliphatic rings. The molecule has 20 heavy (non-hydrogen) atoms. The van der Waals surface area contributed by atoms with Gasteiger partial charge in [0.2, 0.25) is 0 Å². The number of nitrogens with one attached hydrogen (secondary N) is 1. The highest BCUT2D eigenvalue weighted by atomic mass is 35.5. The van der Waals surface area contributed by atoms with Crippen LogP contribution >= 0.6 is 11.6 Å². The van der Waals surface area contributed by atoms with Crippen molar-refractivity contribution in [2.75, 3.05) is 6.54 Å². The van der Waals surface area contributed by atoms with E-state index in [9.17, 15) is 4.39 Å². The van der Waals surface area contributed by atoms with Crippen LogP contribution in [0.5, 0.6) is 0 Å². The summed E-state index contributed by atoms with van der Waals surface area (Å²) in [5.41, 5.74) is 0.496. The predicted octanol–water partition coefficient (Wildman–Crippen LogP) is 3.55. The summed E-state index contributed by atoms with van der Waals surface area (Å²) in [7, 11) is 0. The van der Waals surface area contributed by atoms with Crippen LogP contribution in [0, 0.1) is 5.82 Å². The predicted molar refractivity (Wildman–Crippen MR) is 78.2 cm³/mol. The van der Waals surface area contributed by atoms with Gasteiger partial charge in [0.1, 0.15) is 11.6 Å². The van der Waals surface area contributed by atoms with Gasteiger partial charge >= 0.3 is 0 Å². The quantitative estimate of drug-likeness (QED) is 0.885. The number of benzene rings is 1. The molecule has 1 N–H and O–H groups in total. The molecule has 2 aromatic rings. The minimum Gasteiger partial charge on any atom is -0.307 e. The van der Waals surface area contributed by atoms with Crippen LogP contribution in [0.25, 0.3) is 0 Å². The van der Waals surface area contributed by atoms with Gasteiger partial charge in [0, 0.05) is 23.0 Å². The zero-order valence-corrected chi connectivity index (χ0v) is 12.1. The Morgan fingerprint density at radius 3 is 2.65 bits per heavy atom. The average molecular weight is 294 g/mol. The van der Waals surface area contributed by atoms with E-state index in [1.54, 1.807) is 30.6 Å². The van der Waals surface area contributed by atoms with Crippen molar-refractivity contribution < 1.29 is 4.39 Å². The smallest absolute Gasteiger partial charge is 0.145 e. The van der Waals surface area contributed by atoms with Crippen LogP contribution in [0.1, 0.15) is 30.8 Å². The molecule has 5 heteroatoms. The van der Waals surface area contributed by atoms with Crippen molar-refractivity contribution >= 4 is 11.6 Å². The Kier molecular flexibility index (Phi) is 5.44. The molecule has 1 aromatic carbocycles. The highest BCUT2D eigenvalue weighted by Gasteiger charge is 2.18. The Morgan fingerprint density at radius 1 is 1.25 bits per heavy atom. The Morgan fingerprint density at radius 2 is 2.00 bits per heavy atom. The van der Waals surface area contributed by atoms with Crippen LogP contribution in [0.15, 0.2) is 36.7 Å². The Bertz CT molecular complexity index is 528. The molecule has 0 fully saturated rings. The van der Waals surface area contributed by atoms with Crippen molar-refractivity contribution in [3.63, 3.8) is 0 Å². The van der Waals surface area contributed by atoms with Gasteiger partial charge in [-0.2, -0.15) is 0 Å². The molecule has 1 unspecified atom stereocenters. The third-order valence-corrected chi connectivity index (χ3v) is 3.36. The topological polar surface area (TPSA) is 37.8 Å². The zero-order valence-electron chi connectivity index (χ0n) is 11.3. The second kappa shape index (κ2) is 7.31. The van der Waals surface area contributed by atoms with Gasteiger partial charge in [0.15, 0.2) is 0 Å². The summed E-state index contributed by atoms with van der Waals surface area (Å²) in [6.07, 6.45) is 4.78. The first kappa shape index (κ1) is 14.9. The fourth-order valence-corrected chi connectivity index (χ4v) is 2.24. The Labute approximate surface area is 123 Å². The summed E-state index contributed by atoms with van der Waals surface area (Å²) in [6.45, 7) is 2.89. The standard InChI is InChI=1S/C15H17ClFN3/c1-2-7-18-14(15-19-8-4-9-20-15)10-11-12(16)5-3-6-13(11)17/h3-6,8-9,14,18H,2,7,10H2,1H3. The first-order valence-corrected chi connectivity index (χ1v) is 7.03. The number of aromatic nitrogens is 2. The van der Waals surface area contributed by atoms with E-state index in [-0.39, 0.29) is 11.9 Å². The Hall–Kier alpha value is -1.52. The molecule has 106 valence electrons. The van der Waals surface area contributed by atoms with Crippen molar-refractivity contribution in [1.82, 2.24) is 15.3 Å². The van der Waals surface area contributed by atoms with Crippen LogP contribution in [-0.2, 0) is 6.42 Å². The maximum atomic E-state index is 13.9. The van der Waals surface area contributed by atoms with E-state index >= 15 is 0 Å². The molecular weight excluding hydrogens is 277 g/mol. The lowest BCUT2D eigenvalue weighted by Crippen LogP contribution is -2.26. The lowest BCUT2D eigenvalue weighted by molar-refractivity contribution is 0.492. The summed E-state index contributed by atoms with van der Waals surface area (Å²) in [5.74, 6) is 0.358. The van der Waals surface area contributed by atoms with Crippen LogP contribution in [0.3, 0.4) is 0 Å². The normalized spacial score (nSPS) is 12.3. The highest BCUT2D eigenvalue weighted by molar-refractivity contribution is 6.31. The maximum absolute atomic E-state index is 13.9. The van der Waals surface area contributed by atoms with Crippen LogP contribution < -0.4 is 5.32 Å². The van der Waals surface area contributed by atoms with Gasteiger partial charge in [-0.25, -0.2) is 14.4 Å². The molecule has 0 radical (unpaired) electrons. The van der Waals surface area contributed by atoms with Gasteiger partial charge < -0.3 is 5.32 Å². The zero-order chi connectivity index (χ0) is 14.4. The third kappa shape index (κ3) is 3.74. The first-order valence-electron chi connectivity index (χ1n) is 6.65. The van der Waals surface area contributed by atoms with Gasteiger partial charge in [-0.1, -0.05) is 24.6 Å². The first-order chi connectivity index (χ1) is 9.72. The highest BCUT2D eigenvalue weighted by Crippen LogP contribution is 2.24. The van der Waals surface area contributed by atoms with E-state index in [0.717, 1.165) is 13.0 Å². The summed E-state index contributed by atoms with van der Waals surface area (Å²) in [5, 5.41) is 3.77. The molecule has 0 saturated heterocycles. The molecule has 0 spiro atoms. The summed E-state index contributed by atoms with van der Waals surface area (Å²) >= 11 is 6.09. The van der Waals surface area contributed by atoms with Gasteiger partial charge in [-0.05, 0) is 37.6 Å². The Balaban J connectivity index is 2.24. The van der Waals surface area contributed by atoms with Crippen molar-refractivity contribution in [1.29, 1.82) is 0 Å². The summed E-state index contributed by atoms with van der Waals surface area (Å²) < 4.78 is 13.9. The molecule has 0 aliphatic heterocycles. The second-order valence-corrected chi connectivity index (χ2v) is 4.93. The SMILES string of the molecule is CCCNC(Cc1c(F)cccc1Cl)c1ncccn1. The van der Waals surface area contributed by atoms with Crippen molar-refractivity contribution in [3.05, 3.63) is 58.9 Å². The number of halogens is 2. The molecule has 1 heterocycles. The molecule has 0 saturated carbocycles. The average Bonchev–Trinajstić information content (AvgIpc) is 2.47. The fraction of sp³-hybridized carbons (Fsp3) is 0.333. The molecule has 0 bridgehead atoms. The molecule has 0 aliphatic carbocycles. The molecule has 1 aromatic heterocycles. The molecular formula is C15H17ClFN3. The number of hydrogen-bond acceptors (Lipinski definition) is 3. The summed E-state index contributed by atoms with van der Waals surface area (Å²) in [6, 6.07) is 6.34. The minimum absolute atomic E-state index is 0.148. The van der Waals surface area contributed by atoms with Crippen molar-refractivity contribution in [3.8, 4) is 0 Å². The number of nitrogens with zero attached hydrogens (tertiary/aromatic N) is 2. The van der Waals surface area contributed by atoms with E-state index in [2.05, 4.69) is 22.2 Å². The van der Waals surface area contributed by atoms with Gasteiger partial charge in [0.25, 0.3) is 0 Å². The third-order valence-electron chi connectivity index (χ3n) is 3.01. The van der Waals surface area contributed by atoms with Gasteiger partial charge in [-0.15, -0.1) is 0 Å². The largest absolute Gasteiger partial charge is 0.307 e. The van der Waals surface area contributed by atoms with Gasteiger partial charge in [-0.3, -0.25) is 0 Å². The van der Waals surface area contributed by atoms with E-state index in [0.29, 0.717) is 22.8 Å². The fourth-order valence-electron chi connectivity index (χ4n) is 2.00. The monoisotopic (exact) mass is 293 g/mol. The van der Waals surface area contributed by atoms with Crippen molar-refractivity contribution in [2.24, 2.45) is 0 Å². The van der Waals surface area contributed by atoms with E-state index in [4.69, 9.17) is 11.6 Å². The lowest BCUT2D eigenvalue weighted by atomic mass is 10.0. The van der Waals surface area contributed by atoms with E-state index in [1.807, 2.05) is 0 Å². The maximum Gasteiger partial charge on any atom is 0.145 e. The molecule has 3 nitrogen and oxygen atoms in total. The second-order valence-electron chi connectivity index (χ2n) is 4.52. The lowest BCUT2D eigenvalue weighted by Gasteiger charge is -2.18. The van der Waals surface area contributed by atoms with E-state index < -0.39 is 0 Å². The minimum atomic E-state index is -0.295. The summed E-state index contributed by atoms with van der Waals surface area (Å²) in [4.78, 5) is 8.50. The van der Waals surface area contributed by atoms with Crippen LogP contribution in [0.4, 0.5) is 4.39 Å². The number of rotatable bonds is 6.